The molecule has 7 heteroatoms. The number of methoxy groups -OCH3 is 1. The second-order valence-electron chi connectivity index (χ2n) is 6.70. The first kappa shape index (κ1) is 20.2. The number of rotatable bonds is 7. The highest BCUT2D eigenvalue weighted by Gasteiger charge is 2.09. The maximum atomic E-state index is 12.4. The van der Waals surface area contributed by atoms with E-state index in [4.69, 9.17) is 4.74 Å². The normalized spacial score (nSPS) is 11.0. The number of carbonyl (C=O) groups excluding carboxylic acids is 1. The molecule has 0 atom stereocenters. The molecular formula is C22H23N5O2. The van der Waals surface area contributed by atoms with Gasteiger partial charge in [0.1, 0.15) is 11.4 Å². The summed E-state index contributed by atoms with van der Waals surface area (Å²) in [6, 6.07) is 15.4. The lowest BCUT2D eigenvalue weighted by Crippen LogP contribution is -2.19. The second-order valence-corrected chi connectivity index (χ2v) is 6.70. The molecule has 0 fully saturated rings. The van der Waals surface area contributed by atoms with Gasteiger partial charge in [-0.25, -0.2) is 10.4 Å². The molecule has 0 bridgehead atoms. The van der Waals surface area contributed by atoms with Crippen LogP contribution in [-0.4, -0.2) is 48.2 Å². The van der Waals surface area contributed by atoms with Crippen LogP contribution < -0.4 is 10.2 Å². The van der Waals surface area contributed by atoms with Crippen LogP contribution in [0, 0.1) is 0 Å². The summed E-state index contributed by atoms with van der Waals surface area (Å²) >= 11 is 0. The molecule has 1 aromatic heterocycles. The number of nitrogens with one attached hydrogen (secondary N) is 1. The van der Waals surface area contributed by atoms with Gasteiger partial charge in [0.05, 0.1) is 31.4 Å². The summed E-state index contributed by atoms with van der Waals surface area (Å²) in [6.45, 7) is 0.835. The molecule has 0 aliphatic heterocycles. The number of hydrogen-bond donors (Lipinski definition) is 1. The Hall–Kier alpha value is -3.58. The minimum Gasteiger partial charge on any atom is -0.497 e. The van der Waals surface area contributed by atoms with Crippen molar-refractivity contribution in [3.05, 3.63) is 77.7 Å². The van der Waals surface area contributed by atoms with Crippen LogP contribution in [0.2, 0.25) is 0 Å². The zero-order valence-corrected chi connectivity index (χ0v) is 16.7. The van der Waals surface area contributed by atoms with E-state index in [1.54, 1.807) is 19.5 Å². The average Bonchev–Trinajstić information content (AvgIpc) is 2.73. The van der Waals surface area contributed by atoms with Gasteiger partial charge in [-0.3, -0.25) is 9.78 Å². The first-order valence-corrected chi connectivity index (χ1v) is 9.08. The molecule has 1 heterocycles. The van der Waals surface area contributed by atoms with Crippen molar-refractivity contribution in [1.82, 2.24) is 20.3 Å². The summed E-state index contributed by atoms with van der Waals surface area (Å²) in [5.41, 5.74) is 6.21. The molecule has 0 saturated heterocycles. The van der Waals surface area contributed by atoms with Crippen molar-refractivity contribution in [3.63, 3.8) is 0 Å². The maximum Gasteiger partial charge on any atom is 0.291 e. The maximum absolute atomic E-state index is 12.4. The van der Waals surface area contributed by atoms with Crippen LogP contribution in [-0.2, 0) is 6.54 Å². The minimum absolute atomic E-state index is 0.192. The Kier molecular flexibility index (Phi) is 6.65. The second kappa shape index (κ2) is 9.57. The number of hydrazone groups is 1. The molecule has 1 amide bonds. The molecule has 0 aliphatic carbocycles. The van der Waals surface area contributed by atoms with E-state index >= 15 is 0 Å². The number of ether oxygens (including phenoxy) is 1. The summed E-state index contributed by atoms with van der Waals surface area (Å²) < 4.78 is 5.16. The van der Waals surface area contributed by atoms with Crippen LogP contribution in [0.25, 0.3) is 11.3 Å². The number of hydrogen-bond acceptors (Lipinski definition) is 6. The molecule has 0 radical (unpaired) electrons. The standard InChI is InChI=1S/C22H23N5O2/c1-27(2)15-17-6-4-5-16(11-17)12-24-26-22(28)21-14-23-13-20(25-21)18-7-9-19(29-3)10-8-18/h4-14H,15H2,1-3H3,(H,26,28)/b24-12+. The lowest BCUT2D eigenvalue weighted by atomic mass is 10.1. The average molecular weight is 389 g/mol. The highest BCUT2D eigenvalue weighted by Crippen LogP contribution is 2.20. The molecule has 0 saturated carbocycles. The third-order valence-corrected chi connectivity index (χ3v) is 4.08. The number of nitrogens with zero attached hydrogens (tertiary/aromatic N) is 4. The number of amides is 1. The number of carbonyl (C=O) groups is 1. The Bertz CT molecular complexity index is 1000. The first-order valence-electron chi connectivity index (χ1n) is 9.08. The summed E-state index contributed by atoms with van der Waals surface area (Å²) in [6.07, 6.45) is 4.63. The van der Waals surface area contributed by atoms with Crippen molar-refractivity contribution in [3.8, 4) is 17.0 Å². The van der Waals surface area contributed by atoms with E-state index in [0.717, 1.165) is 23.4 Å². The number of aromatic nitrogens is 2. The van der Waals surface area contributed by atoms with Gasteiger partial charge < -0.3 is 9.64 Å². The van der Waals surface area contributed by atoms with Gasteiger partial charge in [0.15, 0.2) is 0 Å². The van der Waals surface area contributed by atoms with Crippen LogP contribution in [0.1, 0.15) is 21.6 Å². The molecule has 29 heavy (non-hydrogen) atoms. The van der Waals surface area contributed by atoms with Gasteiger partial charge in [-0.1, -0.05) is 18.2 Å². The van der Waals surface area contributed by atoms with Crippen molar-refractivity contribution < 1.29 is 9.53 Å². The molecule has 148 valence electrons. The van der Waals surface area contributed by atoms with Crippen molar-refractivity contribution in [2.24, 2.45) is 5.10 Å². The molecule has 0 aliphatic rings. The summed E-state index contributed by atoms with van der Waals surface area (Å²) in [5.74, 6) is 0.327. The molecule has 0 unspecified atom stereocenters. The lowest BCUT2D eigenvalue weighted by molar-refractivity contribution is 0.0950. The van der Waals surface area contributed by atoms with E-state index in [1.807, 2.05) is 56.6 Å². The fourth-order valence-electron chi connectivity index (χ4n) is 2.74. The van der Waals surface area contributed by atoms with E-state index in [1.165, 1.54) is 11.8 Å². The van der Waals surface area contributed by atoms with Gasteiger partial charge in [0.2, 0.25) is 0 Å². The Balaban J connectivity index is 1.67. The van der Waals surface area contributed by atoms with E-state index in [-0.39, 0.29) is 5.69 Å². The van der Waals surface area contributed by atoms with Gasteiger partial charge in [-0.15, -0.1) is 0 Å². The SMILES string of the molecule is COc1ccc(-c2cncc(C(=O)N/N=C/c3cccc(CN(C)C)c3)n2)cc1. The van der Waals surface area contributed by atoms with Crippen LogP contribution in [0.5, 0.6) is 5.75 Å². The molecule has 0 spiro atoms. The van der Waals surface area contributed by atoms with E-state index in [9.17, 15) is 4.79 Å². The smallest absolute Gasteiger partial charge is 0.291 e. The van der Waals surface area contributed by atoms with E-state index < -0.39 is 5.91 Å². The Morgan fingerprint density at radius 3 is 2.69 bits per heavy atom. The Labute approximate surface area is 170 Å². The van der Waals surface area contributed by atoms with Gasteiger partial charge in [0.25, 0.3) is 5.91 Å². The zero-order chi connectivity index (χ0) is 20.6. The predicted octanol–water partition coefficient (Wildman–Crippen LogP) is 2.98. The van der Waals surface area contributed by atoms with Crippen molar-refractivity contribution in [2.45, 2.75) is 6.54 Å². The Morgan fingerprint density at radius 2 is 1.97 bits per heavy atom. The minimum atomic E-state index is -0.423. The number of benzene rings is 2. The van der Waals surface area contributed by atoms with E-state index in [2.05, 4.69) is 31.5 Å². The van der Waals surface area contributed by atoms with Crippen molar-refractivity contribution in [1.29, 1.82) is 0 Å². The predicted molar refractivity (Wildman–Crippen MR) is 113 cm³/mol. The largest absolute Gasteiger partial charge is 0.497 e. The van der Waals surface area contributed by atoms with E-state index in [0.29, 0.717) is 5.69 Å². The third kappa shape index (κ3) is 5.70. The molecule has 3 rings (SSSR count). The highest BCUT2D eigenvalue weighted by atomic mass is 16.5. The molecule has 1 N–H and O–H groups in total. The quantitative estimate of drug-likeness (QED) is 0.496. The van der Waals surface area contributed by atoms with Gasteiger partial charge in [-0.05, 0) is 55.6 Å². The first-order chi connectivity index (χ1) is 14.0. The Morgan fingerprint density at radius 1 is 1.17 bits per heavy atom. The lowest BCUT2D eigenvalue weighted by Gasteiger charge is -2.09. The highest BCUT2D eigenvalue weighted by molar-refractivity contribution is 5.93. The summed E-state index contributed by atoms with van der Waals surface area (Å²) in [4.78, 5) is 23.0. The zero-order valence-electron chi connectivity index (χ0n) is 16.7. The van der Waals surface area contributed by atoms with Crippen molar-refractivity contribution in [2.75, 3.05) is 21.2 Å². The molecule has 7 nitrogen and oxygen atoms in total. The monoisotopic (exact) mass is 389 g/mol. The molecular weight excluding hydrogens is 366 g/mol. The van der Waals surface area contributed by atoms with Gasteiger partial charge >= 0.3 is 0 Å². The fraction of sp³-hybridized carbons (Fsp3) is 0.182. The van der Waals surface area contributed by atoms with Crippen LogP contribution >= 0.6 is 0 Å². The summed E-state index contributed by atoms with van der Waals surface area (Å²) in [7, 11) is 5.64. The van der Waals surface area contributed by atoms with Crippen molar-refractivity contribution >= 4 is 12.1 Å². The van der Waals surface area contributed by atoms with Crippen LogP contribution in [0.3, 0.4) is 0 Å². The molecule has 2 aromatic carbocycles. The fourth-order valence-corrected chi connectivity index (χ4v) is 2.74. The third-order valence-electron chi connectivity index (χ3n) is 4.08. The van der Waals surface area contributed by atoms with Gasteiger partial charge in [0, 0.05) is 12.1 Å². The summed E-state index contributed by atoms with van der Waals surface area (Å²) in [5, 5.41) is 4.04. The van der Waals surface area contributed by atoms with Crippen LogP contribution in [0.4, 0.5) is 0 Å². The molecule has 3 aromatic rings. The van der Waals surface area contributed by atoms with Gasteiger partial charge in [-0.2, -0.15) is 5.10 Å². The van der Waals surface area contributed by atoms with Crippen LogP contribution in [0.15, 0.2) is 66.0 Å². The topological polar surface area (TPSA) is 79.7 Å².